The van der Waals surface area contributed by atoms with Crippen LogP contribution < -0.4 is 0 Å². The number of nitrogens with zero attached hydrogens (tertiary/aromatic N) is 1. The number of ketones is 1. The number of halogens is 1. The van der Waals surface area contributed by atoms with Crippen LogP contribution in [0.25, 0.3) is 0 Å². The van der Waals surface area contributed by atoms with Gasteiger partial charge < -0.3 is 0 Å². The molecule has 104 valence electrons. The van der Waals surface area contributed by atoms with Crippen LogP contribution in [0.15, 0.2) is 34.5 Å². The lowest BCUT2D eigenvalue weighted by Gasteiger charge is -2.00. The molecule has 20 heavy (non-hydrogen) atoms. The molecule has 0 bridgehead atoms. The first-order chi connectivity index (χ1) is 9.47. The zero-order chi connectivity index (χ0) is 14.7. The van der Waals surface area contributed by atoms with Crippen LogP contribution in [0.1, 0.15) is 22.2 Å². The quantitative estimate of drug-likeness (QED) is 0.342. The van der Waals surface area contributed by atoms with Crippen LogP contribution >= 0.6 is 34.7 Å². The number of thiophene rings is 1. The molecule has 2 rings (SSSR count). The summed E-state index contributed by atoms with van der Waals surface area (Å²) in [6.45, 7) is 1.41. The van der Waals surface area contributed by atoms with Crippen LogP contribution in [-0.2, 0) is 5.75 Å². The van der Waals surface area contributed by atoms with Crippen molar-refractivity contribution in [3.8, 4) is 0 Å². The van der Waals surface area contributed by atoms with E-state index in [0.717, 1.165) is 16.9 Å². The van der Waals surface area contributed by atoms with E-state index in [9.17, 15) is 14.9 Å². The van der Waals surface area contributed by atoms with Crippen LogP contribution in [0.3, 0.4) is 0 Å². The number of carbonyl (C=O) groups is 1. The summed E-state index contributed by atoms with van der Waals surface area (Å²) >= 11 is 8.32. The summed E-state index contributed by atoms with van der Waals surface area (Å²) in [6, 6.07) is 8.65. The van der Waals surface area contributed by atoms with Gasteiger partial charge in [0.05, 0.1) is 9.80 Å². The molecule has 2 aromatic rings. The number of carbonyl (C=O) groups excluding carboxylic acids is 1. The van der Waals surface area contributed by atoms with E-state index >= 15 is 0 Å². The van der Waals surface area contributed by atoms with Crippen molar-refractivity contribution in [3.05, 3.63) is 55.9 Å². The summed E-state index contributed by atoms with van der Waals surface area (Å²) in [5.74, 6) is 0.437. The van der Waals surface area contributed by atoms with E-state index in [0.29, 0.717) is 19.9 Å². The Labute approximate surface area is 128 Å². The van der Waals surface area contributed by atoms with E-state index in [1.165, 1.54) is 24.8 Å². The topological polar surface area (TPSA) is 60.2 Å². The molecule has 0 saturated heterocycles. The first-order valence-electron chi connectivity index (χ1n) is 5.64. The molecule has 4 nitrogen and oxygen atoms in total. The molecular weight excluding hydrogens is 318 g/mol. The highest BCUT2D eigenvalue weighted by Gasteiger charge is 2.21. The van der Waals surface area contributed by atoms with Gasteiger partial charge in [0.1, 0.15) is 4.21 Å². The highest BCUT2D eigenvalue weighted by atomic mass is 35.5. The Morgan fingerprint density at radius 2 is 2.05 bits per heavy atom. The van der Waals surface area contributed by atoms with Gasteiger partial charge in [-0.05, 0) is 24.6 Å². The Balaban J connectivity index is 2.17. The van der Waals surface area contributed by atoms with E-state index in [-0.39, 0.29) is 11.5 Å². The maximum absolute atomic E-state index is 11.3. The second kappa shape index (κ2) is 6.39. The van der Waals surface area contributed by atoms with Crippen molar-refractivity contribution in [2.24, 2.45) is 0 Å². The van der Waals surface area contributed by atoms with E-state index < -0.39 is 4.92 Å². The van der Waals surface area contributed by atoms with E-state index in [1.807, 2.05) is 12.1 Å². The molecule has 0 saturated carbocycles. The standard InChI is InChI=1S/C13H10ClNO3S2/c1-8(16)12-6-11(15(17)18)13(20-12)19-7-9-2-4-10(14)5-3-9/h2-6H,7H2,1H3. The molecule has 0 unspecified atom stereocenters. The summed E-state index contributed by atoms with van der Waals surface area (Å²) in [5.41, 5.74) is 1.02. The second-order valence-electron chi connectivity index (χ2n) is 4.01. The van der Waals surface area contributed by atoms with Crippen LogP contribution in [0.5, 0.6) is 0 Å². The van der Waals surface area contributed by atoms with Crippen molar-refractivity contribution < 1.29 is 9.72 Å². The Hall–Kier alpha value is -1.37. The predicted molar refractivity (Wildman–Crippen MR) is 82.0 cm³/mol. The Morgan fingerprint density at radius 1 is 1.40 bits per heavy atom. The molecule has 0 amide bonds. The van der Waals surface area contributed by atoms with Gasteiger partial charge in [-0.1, -0.05) is 23.7 Å². The minimum atomic E-state index is -0.451. The molecular formula is C13H10ClNO3S2. The molecule has 0 radical (unpaired) electrons. The van der Waals surface area contributed by atoms with Gasteiger partial charge in [0.2, 0.25) is 0 Å². The average molecular weight is 328 g/mol. The Morgan fingerprint density at radius 3 is 2.60 bits per heavy atom. The second-order valence-corrected chi connectivity index (χ2v) is 6.74. The average Bonchev–Trinajstić information content (AvgIpc) is 2.82. The Kier molecular flexibility index (Phi) is 4.80. The fraction of sp³-hybridized carbons (Fsp3) is 0.154. The van der Waals surface area contributed by atoms with Crippen molar-refractivity contribution >= 4 is 46.2 Å². The van der Waals surface area contributed by atoms with Crippen molar-refractivity contribution in [1.29, 1.82) is 0 Å². The molecule has 0 N–H and O–H groups in total. The lowest BCUT2D eigenvalue weighted by atomic mass is 10.2. The summed E-state index contributed by atoms with van der Waals surface area (Å²) in [6.07, 6.45) is 0. The zero-order valence-corrected chi connectivity index (χ0v) is 12.8. The number of Topliss-reactive ketones (excluding diaryl/α,β-unsaturated/α-hetero) is 1. The van der Waals surface area contributed by atoms with Crippen LogP contribution in [0.4, 0.5) is 5.69 Å². The lowest BCUT2D eigenvalue weighted by Crippen LogP contribution is -1.88. The molecule has 0 aliphatic rings. The maximum Gasteiger partial charge on any atom is 0.294 e. The Bertz CT molecular complexity index is 652. The largest absolute Gasteiger partial charge is 0.294 e. The van der Waals surface area contributed by atoms with Gasteiger partial charge in [-0.15, -0.1) is 23.1 Å². The fourth-order valence-corrected chi connectivity index (χ4v) is 3.83. The molecule has 0 atom stereocenters. The number of thioether (sulfide) groups is 1. The highest BCUT2D eigenvalue weighted by molar-refractivity contribution is 8.00. The smallest absolute Gasteiger partial charge is 0.294 e. The molecule has 0 aliphatic carbocycles. The maximum atomic E-state index is 11.3. The summed E-state index contributed by atoms with van der Waals surface area (Å²) in [4.78, 5) is 22.3. The first kappa shape index (κ1) is 15.0. The summed E-state index contributed by atoms with van der Waals surface area (Å²) in [7, 11) is 0. The van der Waals surface area contributed by atoms with Gasteiger partial charge in [-0.2, -0.15) is 0 Å². The van der Waals surface area contributed by atoms with Gasteiger partial charge in [0.15, 0.2) is 5.78 Å². The minimum absolute atomic E-state index is 0.000775. The molecule has 1 aromatic carbocycles. The van der Waals surface area contributed by atoms with Crippen molar-refractivity contribution in [3.63, 3.8) is 0 Å². The van der Waals surface area contributed by atoms with Gasteiger partial charge >= 0.3 is 0 Å². The highest BCUT2D eigenvalue weighted by Crippen LogP contribution is 2.39. The monoisotopic (exact) mass is 327 g/mol. The molecule has 1 heterocycles. The molecule has 1 aromatic heterocycles. The third-order valence-electron chi connectivity index (χ3n) is 2.51. The van der Waals surface area contributed by atoms with Crippen LogP contribution in [-0.4, -0.2) is 10.7 Å². The SMILES string of the molecule is CC(=O)c1cc([N+](=O)[O-])c(SCc2ccc(Cl)cc2)s1. The molecule has 7 heteroatoms. The lowest BCUT2D eigenvalue weighted by molar-refractivity contribution is -0.387. The van der Waals surface area contributed by atoms with Gasteiger partial charge in [0, 0.05) is 16.8 Å². The number of hydrogen-bond donors (Lipinski definition) is 0. The van der Waals surface area contributed by atoms with Crippen LogP contribution in [0, 0.1) is 10.1 Å². The van der Waals surface area contributed by atoms with Crippen molar-refractivity contribution in [2.75, 3.05) is 0 Å². The van der Waals surface area contributed by atoms with Gasteiger partial charge in [-0.3, -0.25) is 14.9 Å². The molecule has 0 spiro atoms. The number of hydrogen-bond acceptors (Lipinski definition) is 5. The minimum Gasteiger partial charge on any atom is -0.294 e. The predicted octanol–water partition coefficient (Wildman–Crippen LogP) is 4.80. The fourth-order valence-electron chi connectivity index (χ4n) is 1.50. The third kappa shape index (κ3) is 3.59. The first-order valence-corrected chi connectivity index (χ1v) is 7.82. The summed E-state index contributed by atoms with van der Waals surface area (Å²) in [5, 5.41) is 11.6. The van der Waals surface area contributed by atoms with E-state index in [4.69, 9.17) is 11.6 Å². The van der Waals surface area contributed by atoms with Gasteiger partial charge in [0.25, 0.3) is 5.69 Å². The van der Waals surface area contributed by atoms with E-state index in [2.05, 4.69) is 0 Å². The number of rotatable bonds is 5. The number of benzene rings is 1. The molecule has 0 fully saturated rings. The van der Waals surface area contributed by atoms with Crippen LogP contribution in [0.2, 0.25) is 5.02 Å². The molecule has 0 aliphatic heterocycles. The normalized spacial score (nSPS) is 10.5. The third-order valence-corrected chi connectivity index (χ3v) is 5.33. The van der Waals surface area contributed by atoms with Crippen molar-refractivity contribution in [1.82, 2.24) is 0 Å². The number of nitro groups is 1. The summed E-state index contributed by atoms with van der Waals surface area (Å²) < 4.78 is 0.551. The zero-order valence-electron chi connectivity index (χ0n) is 10.5. The van der Waals surface area contributed by atoms with Crippen molar-refractivity contribution in [2.45, 2.75) is 16.9 Å². The van der Waals surface area contributed by atoms with E-state index in [1.54, 1.807) is 12.1 Å². The van der Waals surface area contributed by atoms with Gasteiger partial charge in [-0.25, -0.2) is 0 Å².